The van der Waals surface area contributed by atoms with Crippen molar-refractivity contribution in [2.45, 2.75) is 19.8 Å². The summed E-state index contributed by atoms with van der Waals surface area (Å²) < 4.78 is 0. The van der Waals surface area contributed by atoms with Gasteiger partial charge in [0.2, 0.25) is 0 Å². The van der Waals surface area contributed by atoms with Gasteiger partial charge >= 0.3 is 0 Å². The van der Waals surface area contributed by atoms with Crippen LogP contribution in [0.3, 0.4) is 0 Å². The van der Waals surface area contributed by atoms with Crippen LogP contribution in [0.1, 0.15) is 18.1 Å². The summed E-state index contributed by atoms with van der Waals surface area (Å²) in [5.74, 6) is 0.690. The number of rotatable bonds is 1. The normalized spacial score (nSPS) is 16.8. The van der Waals surface area contributed by atoms with E-state index in [4.69, 9.17) is 5.73 Å². The van der Waals surface area contributed by atoms with Gasteiger partial charge in [0.15, 0.2) is 5.96 Å². The van der Waals surface area contributed by atoms with Crippen molar-refractivity contribution in [3.63, 3.8) is 0 Å². The molecular formula is C13H19N3. The number of aliphatic imine (C=N–C) groups is 1. The summed E-state index contributed by atoms with van der Waals surface area (Å²) in [6.07, 6.45) is 2.13. The molecule has 3 nitrogen and oxygen atoms in total. The van der Waals surface area contributed by atoms with Crippen LogP contribution < -0.4 is 5.73 Å². The Morgan fingerprint density at radius 3 is 2.31 bits per heavy atom. The fourth-order valence-corrected chi connectivity index (χ4v) is 2.16. The lowest BCUT2D eigenvalue weighted by Gasteiger charge is -2.20. The number of guanidine groups is 1. The van der Waals surface area contributed by atoms with Gasteiger partial charge in [-0.1, -0.05) is 24.3 Å². The molecule has 0 aliphatic carbocycles. The maximum Gasteiger partial charge on any atom is 0.191 e. The van der Waals surface area contributed by atoms with E-state index in [0.717, 1.165) is 32.5 Å². The summed E-state index contributed by atoms with van der Waals surface area (Å²) >= 11 is 0. The molecule has 1 aliphatic heterocycles. The second-order valence-corrected chi connectivity index (χ2v) is 4.09. The Kier molecular flexibility index (Phi) is 3.44. The number of hydrogen-bond acceptors (Lipinski definition) is 1. The lowest BCUT2D eigenvalue weighted by molar-refractivity contribution is 0.433. The molecule has 0 fully saturated rings. The third-order valence-corrected chi connectivity index (χ3v) is 3.06. The summed E-state index contributed by atoms with van der Waals surface area (Å²) in [6.45, 7) is 4.73. The van der Waals surface area contributed by atoms with Crippen molar-refractivity contribution in [3.8, 4) is 0 Å². The maximum absolute atomic E-state index is 5.94. The molecule has 0 radical (unpaired) electrons. The van der Waals surface area contributed by atoms with E-state index in [2.05, 4.69) is 34.2 Å². The molecule has 1 aliphatic rings. The minimum absolute atomic E-state index is 0.690. The van der Waals surface area contributed by atoms with E-state index in [1.165, 1.54) is 11.1 Å². The van der Waals surface area contributed by atoms with Gasteiger partial charge in [0.25, 0.3) is 0 Å². The highest BCUT2D eigenvalue weighted by Gasteiger charge is 2.14. The van der Waals surface area contributed by atoms with Crippen molar-refractivity contribution in [1.29, 1.82) is 0 Å². The third kappa shape index (κ3) is 2.35. The molecule has 1 aromatic rings. The van der Waals surface area contributed by atoms with Crippen LogP contribution in [0.15, 0.2) is 29.3 Å². The molecule has 86 valence electrons. The Labute approximate surface area is 97.0 Å². The van der Waals surface area contributed by atoms with Gasteiger partial charge in [-0.05, 0) is 30.9 Å². The van der Waals surface area contributed by atoms with Crippen molar-refractivity contribution in [2.24, 2.45) is 10.7 Å². The molecule has 0 spiro atoms. The van der Waals surface area contributed by atoms with Crippen LogP contribution in [0.25, 0.3) is 0 Å². The fourth-order valence-electron chi connectivity index (χ4n) is 2.16. The number of hydrogen-bond donors (Lipinski definition) is 1. The highest BCUT2D eigenvalue weighted by molar-refractivity contribution is 5.78. The predicted molar refractivity (Wildman–Crippen MR) is 67.6 cm³/mol. The molecule has 16 heavy (non-hydrogen) atoms. The Morgan fingerprint density at radius 2 is 1.81 bits per heavy atom. The molecule has 0 saturated carbocycles. The molecule has 3 heteroatoms. The summed E-state index contributed by atoms with van der Waals surface area (Å²) in [5, 5.41) is 0. The van der Waals surface area contributed by atoms with Crippen molar-refractivity contribution >= 4 is 5.96 Å². The highest BCUT2D eigenvalue weighted by atomic mass is 15.2. The van der Waals surface area contributed by atoms with E-state index < -0.39 is 0 Å². The van der Waals surface area contributed by atoms with Gasteiger partial charge in [0, 0.05) is 19.6 Å². The average Bonchev–Trinajstić information content (AvgIpc) is 2.51. The first kappa shape index (κ1) is 11.0. The standard InChI is InChI=1S/C13H19N3/c1-2-15-13(14)16-9-7-11-5-3-4-6-12(11)8-10-16/h3-6H,2,7-10H2,1H3,(H2,14,15). The summed E-state index contributed by atoms with van der Waals surface area (Å²) in [7, 11) is 0. The number of nitrogens with two attached hydrogens (primary N) is 1. The SMILES string of the molecule is CCN=C(N)N1CCc2ccccc2CC1. The monoisotopic (exact) mass is 217 g/mol. The Morgan fingerprint density at radius 1 is 1.25 bits per heavy atom. The Bertz CT molecular complexity index is 358. The molecule has 2 N–H and O–H groups in total. The minimum atomic E-state index is 0.690. The largest absolute Gasteiger partial charge is 0.370 e. The summed E-state index contributed by atoms with van der Waals surface area (Å²) in [6, 6.07) is 8.65. The molecule has 1 heterocycles. The summed E-state index contributed by atoms with van der Waals surface area (Å²) in [5.41, 5.74) is 8.85. The van der Waals surface area contributed by atoms with Crippen molar-refractivity contribution < 1.29 is 0 Å². The van der Waals surface area contributed by atoms with E-state index in [-0.39, 0.29) is 0 Å². The first-order valence-electron chi connectivity index (χ1n) is 5.93. The average molecular weight is 217 g/mol. The van der Waals surface area contributed by atoms with Crippen LogP contribution in [0.5, 0.6) is 0 Å². The van der Waals surface area contributed by atoms with Gasteiger partial charge in [-0.15, -0.1) is 0 Å². The topological polar surface area (TPSA) is 41.6 Å². The zero-order valence-electron chi connectivity index (χ0n) is 9.82. The molecule has 0 bridgehead atoms. The predicted octanol–water partition coefficient (Wildman–Crippen LogP) is 1.42. The van der Waals surface area contributed by atoms with Gasteiger partial charge in [-0.3, -0.25) is 4.99 Å². The van der Waals surface area contributed by atoms with E-state index >= 15 is 0 Å². The molecule has 0 aromatic heterocycles. The lowest BCUT2D eigenvalue weighted by atomic mass is 10.0. The van der Waals surface area contributed by atoms with Gasteiger partial charge < -0.3 is 10.6 Å². The molecule has 2 rings (SSSR count). The maximum atomic E-state index is 5.94. The van der Waals surface area contributed by atoms with Crippen LogP contribution in [-0.2, 0) is 12.8 Å². The van der Waals surface area contributed by atoms with Gasteiger partial charge in [0.05, 0.1) is 0 Å². The molecule has 1 aromatic carbocycles. The second kappa shape index (κ2) is 5.01. The number of nitrogens with zero attached hydrogens (tertiary/aromatic N) is 2. The number of benzene rings is 1. The van der Waals surface area contributed by atoms with Crippen molar-refractivity contribution in [3.05, 3.63) is 35.4 Å². The van der Waals surface area contributed by atoms with E-state index in [0.29, 0.717) is 5.96 Å². The fraction of sp³-hybridized carbons (Fsp3) is 0.462. The first-order valence-corrected chi connectivity index (χ1v) is 5.93. The Hall–Kier alpha value is -1.51. The van der Waals surface area contributed by atoms with Crippen LogP contribution in [0.2, 0.25) is 0 Å². The van der Waals surface area contributed by atoms with Gasteiger partial charge in [0.1, 0.15) is 0 Å². The van der Waals surface area contributed by atoms with Crippen LogP contribution in [0.4, 0.5) is 0 Å². The Balaban J connectivity index is 2.10. The molecule has 0 atom stereocenters. The molecule has 0 saturated heterocycles. The van der Waals surface area contributed by atoms with Crippen LogP contribution in [0, 0.1) is 0 Å². The van der Waals surface area contributed by atoms with Crippen LogP contribution >= 0.6 is 0 Å². The number of fused-ring (bicyclic) bond motifs is 1. The van der Waals surface area contributed by atoms with E-state index in [9.17, 15) is 0 Å². The zero-order valence-corrected chi connectivity index (χ0v) is 9.82. The quantitative estimate of drug-likeness (QED) is 0.571. The van der Waals surface area contributed by atoms with E-state index in [1.807, 2.05) is 6.92 Å². The van der Waals surface area contributed by atoms with Gasteiger partial charge in [-0.2, -0.15) is 0 Å². The zero-order chi connectivity index (χ0) is 11.4. The second-order valence-electron chi connectivity index (χ2n) is 4.09. The summed E-state index contributed by atoms with van der Waals surface area (Å²) in [4.78, 5) is 6.46. The van der Waals surface area contributed by atoms with Gasteiger partial charge in [-0.25, -0.2) is 0 Å². The molecule has 0 unspecified atom stereocenters. The lowest BCUT2D eigenvalue weighted by Crippen LogP contribution is -2.39. The molecular weight excluding hydrogens is 198 g/mol. The van der Waals surface area contributed by atoms with Crippen molar-refractivity contribution in [1.82, 2.24) is 4.90 Å². The third-order valence-electron chi connectivity index (χ3n) is 3.06. The minimum Gasteiger partial charge on any atom is -0.370 e. The highest BCUT2D eigenvalue weighted by Crippen LogP contribution is 2.15. The first-order chi connectivity index (χ1) is 7.81. The van der Waals surface area contributed by atoms with E-state index in [1.54, 1.807) is 0 Å². The van der Waals surface area contributed by atoms with Crippen LogP contribution in [-0.4, -0.2) is 30.5 Å². The molecule has 0 amide bonds. The smallest absolute Gasteiger partial charge is 0.191 e. The van der Waals surface area contributed by atoms with Crippen molar-refractivity contribution in [2.75, 3.05) is 19.6 Å².